The standard InChI is InChI=1S/C13H24N4O/c1-4-17-12(15-10-16-17)9-11(14-3)13(2)7-5-6-8-18-13/h10-11,14H,4-9H2,1-3H3. The zero-order chi connectivity index (χ0) is 13.0. The van der Waals surface area contributed by atoms with Crippen molar-refractivity contribution >= 4 is 0 Å². The maximum atomic E-state index is 6.02. The number of hydrogen-bond donors (Lipinski definition) is 1. The normalized spacial score (nSPS) is 26.2. The second kappa shape index (κ2) is 5.80. The fourth-order valence-corrected chi connectivity index (χ4v) is 2.75. The first kappa shape index (κ1) is 13.5. The molecule has 0 bridgehead atoms. The molecule has 2 rings (SSSR count). The molecule has 2 heterocycles. The summed E-state index contributed by atoms with van der Waals surface area (Å²) in [4.78, 5) is 4.36. The molecule has 1 saturated heterocycles. The fourth-order valence-electron chi connectivity index (χ4n) is 2.75. The van der Waals surface area contributed by atoms with E-state index in [0.717, 1.165) is 31.8 Å². The first-order chi connectivity index (χ1) is 8.69. The summed E-state index contributed by atoms with van der Waals surface area (Å²) in [7, 11) is 2.00. The summed E-state index contributed by atoms with van der Waals surface area (Å²) >= 11 is 0. The lowest BCUT2D eigenvalue weighted by Gasteiger charge is -2.40. The zero-order valence-corrected chi connectivity index (χ0v) is 11.6. The van der Waals surface area contributed by atoms with Gasteiger partial charge >= 0.3 is 0 Å². The summed E-state index contributed by atoms with van der Waals surface area (Å²) in [6, 6.07) is 0.285. The number of aromatic nitrogens is 3. The molecule has 0 radical (unpaired) electrons. The predicted molar refractivity (Wildman–Crippen MR) is 70.5 cm³/mol. The van der Waals surface area contributed by atoms with Gasteiger partial charge in [-0.05, 0) is 40.2 Å². The van der Waals surface area contributed by atoms with Crippen molar-refractivity contribution in [2.24, 2.45) is 0 Å². The molecule has 0 saturated carbocycles. The van der Waals surface area contributed by atoms with E-state index in [1.807, 2.05) is 11.7 Å². The fraction of sp³-hybridized carbons (Fsp3) is 0.846. The molecule has 2 unspecified atom stereocenters. The summed E-state index contributed by atoms with van der Waals surface area (Å²) < 4.78 is 7.98. The number of aryl methyl sites for hydroxylation is 1. The van der Waals surface area contributed by atoms with E-state index in [-0.39, 0.29) is 11.6 Å². The molecule has 18 heavy (non-hydrogen) atoms. The van der Waals surface area contributed by atoms with Crippen molar-refractivity contribution in [2.75, 3.05) is 13.7 Å². The van der Waals surface area contributed by atoms with Crippen LogP contribution in [0, 0.1) is 0 Å². The van der Waals surface area contributed by atoms with Crippen LogP contribution in [0.1, 0.15) is 38.9 Å². The van der Waals surface area contributed by atoms with Crippen molar-refractivity contribution in [1.82, 2.24) is 20.1 Å². The monoisotopic (exact) mass is 252 g/mol. The molecule has 0 spiro atoms. The molecule has 0 amide bonds. The van der Waals surface area contributed by atoms with E-state index in [1.54, 1.807) is 6.33 Å². The molecule has 102 valence electrons. The van der Waals surface area contributed by atoms with Gasteiger partial charge in [-0.2, -0.15) is 5.10 Å². The summed E-state index contributed by atoms with van der Waals surface area (Å²) in [5.74, 6) is 1.03. The molecule has 5 heteroatoms. The number of likely N-dealkylation sites (N-methyl/N-ethyl adjacent to an activating group) is 1. The number of nitrogens with one attached hydrogen (secondary N) is 1. The van der Waals surface area contributed by atoms with Gasteiger partial charge in [0.05, 0.1) is 5.60 Å². The summed E-state index contributed by atoms with van der Waals surface area (Å²) in [5.41, 5.74) is -0.0858. The van der Waals surface area contributed by atoms with Crippen LogP contribution in [-0.4, -0.2) is 40.1 Å². The molecule has 0 aromatic carbocycles. The Bertz CT molecular complexity index is 371. The topological polar surface area (TPSA) is 52.0 Å². The van der Waals surface area contributed by atoms with E-state index in [1.165, 1.54) is 12.8 Å². The number of rotatable bonds is 5. The summed E-state index contributed by atoms with van der Waals surface area (Å²) in [6.45, 7) is 6.03. The van der Waals surface area contributed by atoms with Crippen LogP contribution in [-0.2, 0) is 17.7 Å². The van der Waals surface area contributed by atoms with Crippen molar-refractivity contribution in [2.45, 2.75) is 57.7 Å². The van der Waals surface area contributed by atoms with Crippen molar-refractivity contribution in [3.05, 3.63) is 12.2 Å². The Morgan fingerprint density at radius 3 is 3.00 bits per heavy atom. The summed E-state index contributed by atoms with van der Waals surface area (Å²) in [6.07, 6.45) is 6.03. The second-order valence-electron chi connectivity index (χ2n) is 5.16. The van der Waals surface area contributed by atoms with Crippen LogP contribution >= 0.6 is 0 Å². The van der Waals surface area contributed by atoms with Crippen LogP contribution in [0.2, 0.25) is 0 Å². The molecule has 1 aliphatic heterocycles. The van der Waals surface area contributed by atoms with Gasteiger partial charge in [0.2, 0.25) is 0 Å². The van der Waals surface area contributed by atoms with E-state index >= 15 is 0 Å². The van der Waals surface area contributed by atoms with Gasteiger partial charge in [0.25, 0.3) is 0 Å². The lowest BCUT2D eigenvalue weighted by Crippen LogP contribution is -2.52. The average molecular weight is 252 g/mol. The van der Waals surface area contributed by atoms with E-state index < -0.39 is 0 Å². The molecule has 1 N–H and O–H groups in total. The third kappa shape index (κ3) is 2.72. The van der Waals surface area contributed by atoms with Gasteiger partial charge in [0.1, 0.15) is 12.2 Å². The van der Waals surface area contributed by atoms with Crippen molar-refractivity contribution in [1.29, 1.82) is 0 Å². The average Bonchev–Trinajstić information content (AvgIpc) is 2.83. The van der Waals surface area contributed by atoms with Crippen molar-refractivity contribution in [3.8, 4) is 0 Å². The molecule has 0 aliphatic carbocycles. The van der Waals surface area contributed by atoms with Gasteiger partial charge in [-0.15, -0.1) is 0 Å². The Labute approximate surface area is 109 Å². The van der Waals surface area contributed by atoms with Crippen LogP contribution in [0.4, 0.5) is 0 Å². The molecular formula is C13H24N4O. The highest BCUT2D eigenvalue weighted by atomic mass is 16.5. The van der Waals surface area contributed by atoms with Crippen LogP contribution < -0.4 is 5.32 Å². The SMILES string of the molecule is CCn1ncnc1CC(NC)C1(C)CCCCO1. The maximum Gasteiger partial charge on any atom is 0.138 e. The van der Waals surface area contributed by atoms with E-state index in [2.05, 4.69) is 29.2 Å². The lowest BCUT2D eigenvalue weighted by molar-refractivity contribution is -0.0875. The van der Waals surface area contributed by atoms with Crippen molar-refractivity contribution < 1.29 is 4.74 Å². The van der Waals surface area contributed by atoms with Crippen molar-refractivity contribution in [3.63, 3.8) is 0 Å². The minimum Gasteiger partial charge on any atom is -0.374 e. The second-order valence-corrected chi connectivity index (χ2v) is 5.16. The zero-order valence-electron chi connectivity index (χ0n) is 11.6. The minimum atomic E-state index is -0.0858. The van der Waals surface area contributed by atoms with Crippen LogP contribution in [0.5, 0.6) is 0 Å². The smallest absolute Gasteiger partial charge is 0.138 e. The van der Waals surface area contributed by atoms with Crippen LogP contribution in [0.3, 0.4) is 0 Å². The molecule has 1 fully saturated rings. The quantitative estimate of drug-likeness (QED) is 0.860. The Morgan fingerprint density at radius 2 is 2.39 bits per heavy atom. The lowest BCUT2D eigenvalue weighted by atomic mass is 9.86. The Kier molecular flexibility index (Phi) is 4.35. The third-order valence-electron chi connectivity index (χ3n) is 3.97. The molecule has 1 aliphatic rings. The third-order valence-corrected chi connectivity index (χ3v) is 3.97. The van der Waals surface area contributed by atoms with Crippen LogP contribution in [0.25, 0.3) is 0 Å². The van der Waals surface area contributed by atoms with Gasteiger partial charge in [-0.1, -0.05) is 0 Å². The summed E-state index contributed by atoms with van der Waals surface area (Å²) in [5, 5.41) is 7.62. The van der Waals surface area contributed by atoms with E-state index in [9.17, 15) is 0 Å². The Balaban J connectivity index is 2.09. The van der Waals surface area contributed by atoms with Gasteiger partial charge < -0.3 is 10.1 Å². The number of hydrogen-bond acceptors (Lipinski definition) is 4. The highest BCUT2D eigenvalue weighted by Crippen LogP contribution is 2.29. The molecule has 5 nitrogen and oxygen atoms in total. The van der Waals surface area contributed by atoms with Gasteiger partial charge in [0.15, 0.2) is 0 Å². The molecular weight excluding hydrogens is 228 g/mol. The number of ether oxygens (including phenoxy) is 1. The number of nitrogens with zero attached hydrogens (tertiary/aromatic N) is 3. The van der Waals surface area contributed by atoms with Gasteiger partial charge in [0, 0.05) is 25.6 Å². The van der Waals surface area contributed by atoms with E-state index in [0.29, 0.717) is 0 Å². The molecule has 2 atom stereocenters. The highest BCUT2D eigenvalue weighted by Gasteiger charge is 2.36. The first-order valence-corrected chi connectivity index (χ1v) is 6.87. The van der Waals surface area contributed by atoms with Gasteiger partial charge in [-0.25, -0.2) is 4.98 Å². The molecule has 1 aromatic heterocycles. The highest BCUT2D eigenvalue weighted by molar-refractivity contribution is 4.98. The Morgan fingerprint density at radius 1 is 1.56 bits per heavy atom. The maximum absolute atomic E-state index is 6.02. The van der Waals surface area contributed by atoms with E-state index in [4.69, 9.17) is 4.74 Å². The molecule has 1 aromatic rings. The predicted octanol–water partition coefficient (Wildman–Crippen LogP) is 1.39. The minimum absolute atomic E-state index is 0.0858. The van der Waals surface area contributed by atoms with Crippen LogP contribution in [0.15, 0.2) is 6.33 Å². The Hall–Kier alpha value is -0.940. The largest absolute Gasteiger partial charge is 0.374 e. The van der Waals surface area contributed by atoms with Gasteiger partial charge in [-0.3, -0.25) is 4.68 Å². The first-order valence-electron chi connectivity index (χ1n) is 6.87.